The molecule has 0 saturated heterocycles. The molecule has 0 aromatic heterocycles. The van der Waals surface area contributed by atoms with Crippen LogP contribution in [0.4, 0.5) is 0 Å². The van der Waals surface area contributed by atoms with Crippen LogP contribution in [0.2, 0.25) is 0 Å². The average molecular weight is 240 g/mol. The van der Waals surface area contributed by atoms with Crippen LogP contribution in [0, 0.1) is 0 Å². The van der Waals surface area contributed by atoms with Crippen molar-refractivity contribution >= 4 is 0 Å². The van der Waals surface area contributed by atoms with E-state index in [4.69, 9.17) is 4.74 Å². The predicted molar refractivity (Wildman–Crippen MR) is 76.0 cm³/mol. The van der Waals surface area contributed by atoms with Crippen molar-refractivity contribution in [1.29, 1.82) is 0 Å². The van der Waals surface area contributed by atoms with E-state index >= 15 is 0 Å². The zero-order chi connectivity index (χ0) is 12.8. The number of hydrogen-bond donors (Lipinski definition) is 0. The van der Waals surface area contributed by atoms with Gasteiger partial charge in [-0.05, 0) is 35.6 Å². The van der Waals surface area contributed by atoms with Gasteiger partial charge < -0.3 is 4.74 Å². The first-order valence-electron chi connectivity index (χ1n) is 6.62. The SMILES string of the molecule is CCc1cccc(OCc2ccccc2)c1CC. The van der Waals surface area contributed by atoms with Gasteiger partial charge in [0.1, 0.15) is 12.4 Å². The van der Waals surface area contributed by atoms with Gasteiger partial charge >= 0.3 is 0 Å². The molecule has 2 aromatic rings. The van der Waals surface area contributed by atoms with Gasteiger partial charge in [0.15, 0.2) is 0 Å². The van der Waals surface area contributed by atoms with Gasteiger partial charge in [0.05, 0.1) is 0 Å². The van der Waals surface area contributed by atoms with Crippen molar-refractivity contribution < 1.29 is 4.74 Å². The topological polar surface area (TPSA) is 9.23 Å². The summed E-state index contributed by atoms with van der Waals surface area (Å²) in [6.07, 6.45) is 2.08. The summed E-state index contributed by atoms with van der Waals surface area (Å²) < 4.78 is 5.96. The lowest BCUT2D eigenvalue weighted by atomic mass is 10.0. The number of ether oxygens (including phenoxy) is 1. The summed E-state index contributed by atoms with van der Waals surface area (Å²) in [4.78, 5) is 0. The van der Waals surface area contributed by atoms with Crippen molar-refractivity contribution in [2.75, 3.05) is 0 Å². The molecule has 0 aliphatic carbocycles. The second-order valence-electron chi connectivity index (χ2n) is 4.38. The normalized spacial score (nSPS) is 10.3. The molecule has 1 heteroatoms. The molecule has 0 saturated carbocycles. The van der Waals surface area contributed by atoms with Crippen LogP contribution in [0.3, 0.4) is 0 Å². The number of rotatable bonds is 5. The van der Waals surface area contributed by atoms with Gasteiger partial charge in [-0.15, -0.1) is 0 Å². The summed E-state index contributed by atoms with van der Waals surface area (Å²) in [7, 11) is 0. The van der Waals surface area contributed by atoms with Crippen LogP contribution < -0.4 is 4.74 Å². The minimum Gasteiger partial charge on any atom is -0.489 e. The highest BCUT2D eigenvalue weighted by Crippen LogP contribution is 2.24. The van der Waals surface area contributed by atoms with Crippen molar-refractivity contribution in [3.63, 3.8) is 0 Å². The summed E-state index contributed by atoms with van der Waals surface area (Å²) in [5.74, 6) is 1.03. The van der Waals surface area contributed by atoms with Crippen LogP contribution in [0.1, 0.15) is 30.5 Å². The summed E-state index contributed by atoms with van der Waals surface area (Å²) in [5, 5.41) is 0. The lowest BCUT2D eigenvalue weighted by Gasteiger charge is -2.13. The lowest BCUT2D eigenvalue weighted by molar-refractivity contribution is 0.303. The Morgan fingerprint density at radius 2 is 1.61 bits per heavy atom. The summed E-state index contributed by atoms with van der Waals surface area (Å²) in [5.41, 5.74) is 3.94. The Labute approximate surface area is 109 Å². The van der Waals surface area contributed by atoms with Crippen LogP contribution in [0.5, 0.6) is 5.75 Å². The lowest BCUT2D eigenvalue weighted by Crippen LogP contribution is -2.00. The van der Waals surface area contributed by atoms with Crippen LogP contribution in [0.15, 0.2) is 48.5 Å². The smallest absolute Gasteiger partial charge is 0.123 e. The summed E-state index contributed by atoms with van der Waals surface area (Å²) in [6, 6.07) is 16.6. The van der Waals surface area contributed by atoms with Crippen LogP contribution >= 0.6 is 0 Å². The predicted octanol–water partition coefficient (Wildman–Crippen LogP) is 4.39. The maximum atomic E-state index is 5.96. The first-order valence-corrected chi connectivity index (χ1v) is 6.62. The molecule has 0 heterocycles. The van der Waals surface area contributed by atoms with Crippen molar-refractivity contribution in [3.8, 4) is 5.75 Å². The minimum atomic E-state index is 0.640. The third-order valence-electron chi connectivity index (χ3n) is 3.20. The third-order valence-corrected chi connectivity index (χ3v) is 3.20. The zero-order valence-electron chi connectivity index (χ0n) is 11.1. The van der Waals surface area contributed by atoms with Gasteiger partial charge in [-0.1, -0.05) is 56.3 Å². The van der Waals surface area contributed by atoms with E-state index in [0.717, 1.165) is 18.6 Å². The van der Waals surface area contributed by atoms with Crippen molar-refractivity contribution in [2.45, 2.75) is 33.3 Å². The van der Waals surface area contributed by atoms with Crippen molar-refractivity contribution in [2.24, 2.45) is 0 Å². The van der Waals surface area contributed by atoms with E-state index in [-0.39, 0.29) is 0 Å². The quantitative estimate of drug-likeness (QED) is 0.753. The van der Waals surface area contributed by atoms with E-state index in [2.05, 4.69) is 44.2 Å². The summed E-state index contributed by atoms with van der Waals surface area (Å²) >= 11 is 0. The molecule has 0 amide bonds. The highest BCUT2D eigenvalue weighted by atomic mass is 16.5. The molecule has 2 rings (SSSR count). The molecular weight excluding hydrogens is 220 g/mol. The second-order valence-corrected chi connectivity index (χ2v) is 4.38. The van der Waals surface area contributed by atoms with Gasteiger partial charge in [-0.3, -0.25) is 0 Å². The number of aryl methyl sites for hydroxylation is 1. The Morgan fingerprint density at radius 3 is 2.28 bits per heavy atom. The van der Waals surface area contributed by atoms with Gasteiger partial charge in [-0.2, -0.15) is 0 Å². The maximum absolute atomic E-state index is 5.96. The Morgan fingerprint density at radius 1 is 0.833 bits per heavy atom. The van der Waals surface area contributed by atoms with E-state index < -0.39 is 0 Å². The Balaban J connectivity index is 2.14. The first-order chi connectivity index (χ1) is 8.85. The zero-order valence-corrected chi connectivity index (χ0v) is 11.1. The molecule has 0 fully saturated rings. The number of hydrogen-bond acceptors (Lipinski definition) is 1. The van der Waals surface area contributed by atoms with E-state index in [1.165, 1.54) is 16.7 Å². The Hall–Kier alpha value is -1.76. The van der Waals surface area contributed by atoms with Gasteiger partial charge in [0, 0.05) is 0 Å². The van der Waals surface area contributed by atoms with E-state index in [1.54, 1.807) is 0 Å². The first kappa shape index (κ1) is 12.7. The standard InChI is InChI=1S/C17H20O/c1-3-15-11-8-12-17(16(15)4-2)18-13-14-9-6-5-7-10-14/h5-12H,3-4,13H2,1-2H3. The van der Waals surface area contributed by atoms with Gasteiger partial charge in [0.25, 0.3) is 0 Å². The van der Waals surface area contributed by atoms with E-state index in [1.807, 2.05) is 18.2 Å². The monoisotopic (exact) mass is 240 g/mol. The Kier molecular flexibility index (Phi) is 4.40. The Bertz CT molecular complexity index is 488. The van der Waals surface area contributed by atoms with Gasteiger partial charge in [0.2, 0.25) is 0 Å². The van der Waals surface area contributed by atoms with E-state index in [0.29, 0.717) is 6.61 Å². The van der Waals surface area contributed by atoms with Crippen molar-refractivity contribution in [3.05, 3.63) is 65.2 Å². The fourth-order valence-electron chi connectivity index (χ4n) is 2.21. The molecule has 2 aromatic carbocycles. The minimum absolute atomic E-state index is 0.640. The molecule has 94 valence electrons. The largest absolute Gasteiger partial charge is 0.489 e. The molecule has 0 bridgehead atoms. The molecule has 0 aliphatic rings. The molecule has 0 spiro atoms. The fraction of sp³-hybridized carbons (Fsp3) is 0.294. The van der Waals surface area contributed by atoms with Crippen LogP contribution in [-0.4, -0.2) is 0 Å². The molecule has 18 heavy (non-hydrogen) atoms. The maximum Gasteiger partial charge on any atom is 0.123 e. The average Bonchev–Trinajstić information content (AvgIpc) is 2.45. The highest BCUT2D eigenvalue weighted by molar-refractivity contribution is 5.40. The van der Waals surface area contributed by atoms with Crippen LogP contribution in [0.25, 0.3) is 0 Å². The molecule has 1 nitrogen and oxygen atoms in total. The van der Waals surface area contributed by atoms with E-state index in [9.17, 15) is 0 Å². The van der Waals surface area contributed by atoms with Crippen molar-refractivity contribution in [1.82, 2.24) is 0 Å². The third kappa shape index (κ3) is 2.92. The van der Waals surface area contributed by atoms with Gasteiger partial charge in [-0.25, -0.2) is 0 Å². The molecule has 0 atom stereocenters. The number of benzene rings is 2. The highest BCUT2D eigenvalue weighted by Gasteiger charge is 2.06. The molecular formula is C17H20O. The molecule has 0 aliphatic heterocycles. The molecule has 0 unspecified atom stereocenters. The fourth-order valence-corrected chi connectivity index (χ4v) is 2.21. The molecule has 0 radical (unpaired) electrons. The van der Waals surface area contributed by atoms with Crippen LogP contribution in [-0.2, 0) is 19.4 Å². The molecule has 0 N–H and O–H groups in total. The second kappa shape index (κ2) is 6.25. The summed E-state index contributed by atoms with van der Waals surface area (Å²) in [6.45, 7) is 5.01.